The molecule has 0 saturated carbocycles. The van der Waals surface area contributed by atoms with E-state index in [1.807, 2.05) is 31.6 Å². The van der Waals surface area contributed by atoms with Crippen LogP contribution in [-0.4, -0.2) is 38.1 Å². The van der Waals surface area contributed by atoms with E-state index in [1.165, 1.54) is 0 Å². The molecule has 0 aliphatic heterocycles. The smallest absolute Gasteiger partial charge is 0.242 e. The first kappa shape index (κ1) is 17.6. The SMILES string of the molecule is CCNCc1cc(S(=O)(=O)NCCSC)cn1C(C)C. The molecule has 5 nitrogen and oxygen atoms in total. The Labute approximate surface area is 126 Å². The van der Waals surface area contributed by atoms with Crippen LogP contribution in [0.5, 0.6) is 0 Å². The molecular weight excluding hydrogens is 294 g/mol. The number of rotatable bonds is 9. The maximum atomic E-state index is 12.2. The highest BCUT2D eigenvalue weighted by atomic mass is 32.2. The van der Waals surface area contributed by atoms with Crippen molar-refractivity contribution in [2.45, 2.75) is 38.3 Å². The van der Waals surface area contributed by atoms with Crippen molar-refractivity contribution in [3.05, 3.63) is 18.0 Å². The molecule has 0 bridgehead atoms. The van der Waals surface area contributed by atoms with Crippen LogP contribution >= 0.6 is 11.8 Å². The van der Waals surface area contributed by atoms with Crippen LogP contribution in [-0.2, 0) is 16.6 Å². The van der Waals surface area contributed by atoms with Gasteiger partial charge in [0.05, 0.1) is 4.90 Å². The van der Waals surface area contributed by atoms with Gasteiger partial charge in [0.25, 0.3) is 0 Å². The first-order chi connectivity index (χ1) is 9.42. The summed E-state index contributed by atoms with van der Waals surface area (Å²) in [4.78, 5) is 0.347. The van der Waals surface area contributed by atoms with E-state index < -0.39 is 10.0 Å². The fourth-order valence-corrected chi connectivity index (χ4v) is 3.40. The highest BCUT2D eigenvalue weighted by Gasteiger charge is 2.18. The monoisotopic (exact) mass is 319 g/mol. The fourth-order valence-electron chi connectivity index (χ4n) is 1.88. The molecule has 0 saturated heterocycles. The number of nitrogens with one attached hydrogen (secondary N) is 2. The molecule has 0 aromatic carbocycles. The van der Waals surface area contributed by atoms with E-state index in [0.717, 1.165) is 18.0 Å². The summed E-state index contributed by atoms with van der Waals surface area (Å²) in [5, 5.41) is 3.24. The molecule has 2 N–H and O–H groups in total. The zero-order chi connectivity index (χ0) is 15.2. The van der Waals surface area contributed by atoms with E-state index in [-0.39, 0.29) is 6.04 Å². The summed E-state index contributed by atoms with van der Waals surface area (Å²) in [6.07, 6.45) is 3.68. The summed E-state index contributed by atoms with van der Waals surface area (Å²) in [5.74, 6) is 0.772. The second-order valence-electron chi connectivity index (χ2n) is 4.84. The first-order valence-electron chi connectivity index (χ1n) is 6.82. The zero-order valence-electron chi connectivity index (χ0n) is 12.6. The van der Waals surface area contributed by atoms with Crippen LogP contribution in [0.4, 0.5) is 0 Å². The summed E-state index contributed by atoms with van der Waals surface area (Å²) >= 11 is 1.62. The molecule has 20 heavy (non-hydrogen) atoms. The molecule has 0 fully saturated rings. The summed E-state index contributed by atoms with van der Waals surface area (Å²) in [5.41, 5.74) is 0.993. The molecule has 0 spiro atoms. The van der Waals surface area contributed by atoms with Crippen molar-refractivity contribution in [2.75, 3.05) is 25.1 Å². The minimum absolute atomic E-state index is 0.235. The Morgan fingerprint density at radius 3 is 2.65 bits per heavy atom. The highest BCUT2D eigenvalue weighted by molar-refractivity contribution is 7.98. The Morgan fingerprint density at radius 2 is 2.10 bits per heavy atom. The number of nitrogens with zero attached hydrogens (tertiary/aromatic N) is 1. The number of hydrogen-bond acceptors (Lipinski definition) is 4. The largest absolute Gasteiger partial charge is 0.346 e. The molecule has 0 radical (unpaired) electrons. The lowest BCUT2D eigenvalue weighted by atomic mass is 10.3. The van der Waals surface area contributed by atoms with Crippen LogP contribution in [0.3, 0.4) is 0 Å². The molecule has 1 aromatic heterocycles. The Hall–Kier alpha value is -0.500. The summed E-state index contributed by atoms with van der Waals surface area (Å²) in [6.45, 7) is 8.12. The maximum Gasteiger partial charge on any atom is 0.242 e. The van der Waals surface area contributed by atoms with Gasteiger partial charge in [0, 0.05) is 36.8 Å². The minimum Gasteiger partial charge on any atom is -0.346 e. The first-order valence-corrected chi connectivity index (χ1v) is 9.70. The topological polar surface area (TPSA) is 63.1 Å². The van der Waals surface area contributed by atoms with Crippen molar-refractivity contribution in [3.8, 4) is 0 Å². The van der Waals surface area contributed by atoms with Crippen LogP contribution in [0.2, 0.25) is 0 Å². The lowest BCUT2D eigenvalue weighted by Gasteiger charge is -2.12. The van der Waals surface area contributed by atoms with Crippen LogP contribution in [0.15, 0.2) is 17.2 Å². The van der Waals surface area contributed by atoms with Gasteiger partial charge in [-0.05, 0) is 32.7 Å². The Kier molecular flexibility index (Phi) is 7.08. The van der Waals surface area contributed by atoms with Crippen molar-refractivity contribution < 1.29 is 8.42 Å². The molecule has 0 aliphatic carbocycles. The molecule has 1 aromatic rings. The minimum atomic E-state index is -3.40. The Morgan fingerprint density at radius 1 is 1.40 bits per heavy atom. The number of sulfonamides is 1. The average molecular weight is 319 g/mol. The second kappa shape index (κ2) is 8.07. The molecule has 0 unspecified atom stereocenters. The van der Waals surface area contributed by atoms with Crippen molar-refractivity contribution in [3.63, 3.8) is 0 Å². The summed E-state index contributed by atoms with van der Waals surface area (Å²) in [6, 6.07) is 1.99. The van der Waals surface area contributed by atoms with Gasteiger partial charge in [0.15, 0.2) is 0 Å². The van der Waals surface area contributed by atoms with Gasteiger partial charge in [-0.1, -0.05) is 6.92 Å². The normalized spacial score (nSPS) is 12.2. The van der Waals surface area contributed by atoms with E-state index in [0.29, 0.717) is 18.0 Å². The molecule has 1 heterocycles. The number of thioether (sulfide) groups is 1. The zero-order valence-corrected chi connectivity index (χ0v) is 14.3. The van der Waals surface area contributed by atoms with Gasteiger partial charge in [0.1, 0.15) is 0 Å². The molecule has 1 rings (SSSR count). The lowest BCUT2D eigenvalue weighted by Crippen LogP contribution is -2.25. The predicted octanol–water partition coefficient (Wildman–Crippen LogP) is 1.82. The van der Waals surface area contributed by atoms with Crippen LogP contribution in [0, 0.1) is 0 Å². The molecule has 0 atom stereocenters. The van der Waals surface area contributed by atoms with E-state index in [1.54, 1.807) is 24.0 Å². The molecular formula is C13H25N3O2S2. The van der Waals surface area contributed by atoms with E-state index >= 15 is 0 Å². The molecule has 7 heteroatoms. The Bertz CT molecular complexity index is 510. The fraction of sp³-hybridized carbons (Fsp3) is 0.692. The van der Waals surface area contributed by atoms with Crippen LogP contribution < -0.4 is 10.0 Å². The maximum absolute atomic E-state index is 12.2. The van der Waals surface area contributed by atoms with Gasteiger partial charge in [-0.2, -0.15) is 11.8 Å². The molecule has 116 valence electrons. The van der Waals surface area contributed by atoms with Crippen molar-refractivity contribution in [1.82, 2.24) is 14.6 Å². The summed E-state index contributed by atoms with van der Waals surface area (Å²) in [7, 11) is -3.40. The number of aromatic nitrogens is 1. The van der Waals surface area contributed by atoms with Gasteiger partial charge in [-0.25, -0.2) is 13.1 Å². The van der Waals surface area contributed by atoms with Crippen LogP contribution in [0.25, 0.3) is 0 Å². The van der Waals surface area contributed by atoms with Gasteiger partial charge in [-0.3, -0.25) is 0 Å². The standard InChI is InChI=1S/C13H25N3O2S2/c1-5-14-9-12-8-13(10-16(12)11(2)3)20(17,18)15-6-7-19-4/h8,10-11,14-15H,5-7,9H2,1-4H3. The van der Waals surface area contributed by atoms with Crippen molar-refractivity contribution in [2.24, 2.45) is 0 Å². The van der Waals surface area contributed by atoms with E-state index in [9.17, 15) is 8.42 Å². The summed E-state index contributed by atoms with van der Waals surface area (Å²) < 4.78 is 29.1. The van der Waals surface area contributed by atoms with Gasteiger partial charge in [-0.15, -0.1) is 0 Å². The average Bonchev–Trinajstić information content (AvgIpc) is 2.81. The second-order valence-corrected chi connectivity index (χ2v) is 7.59. The van der Waals surface area contributed by atoms with Crippen molar-refractivity contribution >= 4 is 21.8 Å². The molecule has 0 aliphatic rings. The highest BCUT2D eigenvalue weighted by Crippen LogP contribution is 2.18. The third-order valence-corrected chi connectivity index (χ3v) is 4.97. The van der Waals surface area contributed by atoms with E-state index in [4.69, 9.17) is 0 Å². The van der Waals surface area contributed by atoms with Crippen LogP contribution in [0.1, 0.15) is 32.5 Å². The lowest BCUT2D eigenvalue weighted by molar-refractivity contribution is 0.554. The van der Waals surface area contributed by atoms with Crippen molar-refractivity contribution in [1.29, 1.82) is 0 Å². The number of hydrogen-bond donors (Lipinski definition) is 2. The third kappa shape index (κ3) is 4.80. The predicted molar refractivity (Wildman–Crippen MR) is 85.8 cm³/mol. The molecule has 0 amide bonds. The Balaban J connectivity index is 2.94. The van der Waals surface area contributed by atoms with Gasteiger partial charge < -0.3 is 9.88 Å². The van der Waals surface area contributed by atoms with Gasteiger partial charge in [0.2, 0.25) is 10.0 Å². The van der Waals surface area contributed by atoms with E-state index in [2.05, 4.69) is 10.0 Å². The van der Waals surface area contributed by atoms with Gasteiger partial charge >= 0.3 is 0 Å². The third-order valence-electron chi connectivity index (χ3n) is 2.93. The quantitative estimate of drug-likeness (QED) is 0.682.